The van der Waals surface area contributed by atoms with E-state index in [1.54, 1.807) is 18.2 Å². The summed E-state index contributed by atoms with van der Waals surface area (Å²) in [5, 5.41) is 12.6. The third kappa shape index (κ3) is 4.31. The molecule has 1 atom stereocenters. The number of carboxylic acids is 1. The molecule has 1 unspecified atom stereocenters. The van der Waals surface area contributed by atoms with Crippen molar-refractivity contribution in [1.29, 1.82) is 0 Å². The van der Waals surface area contributed by atoms with Crippen molar-refractivity contribution in [2.24, 2.45) is 0 Å². The van der Waals surface area contributed by atoms with Gasteiger partial charge in [0.25, 0.3) is 0 Å². The molecule has 1 fully saturated rings. The fourth-order valence-corrected chi connectivity index (χ4v) is 3.49. The Morgan fingerprint density at radius 3 is 3.00 bits per heavy atom. The van der Waals surface area contributed by atoms with Crippen molar-refractivity contribution in [3.05, 3.63) is 29.1 Å². The molecule has 24 heavy (non-hydrogen) atoms. The van der Waals surface area contributed by atoms with Gasteiger partial charge in [-0.05, 0) is 42.5 Å². The monoisotopic (exact) mass is 349 g/mol. The maximum Gasteiger partial charge on any atom is 0.345 e. The number of benzene rings is 1. The zero-order chi connectivity index (χ0) is 16.9. The summed E-state index contributed by atoms with van der Waals surface area (Å²) >= 11 is 1.22. The van der Waals surface area contributed by atoms with Crippen LogP contribution in [0.5, 0.6) is 0 Å². The number of anilines is 1. The number of nitrogens with one attached hydrogen (secondary N) is 1. The molecule has 3 rings (SSSR count). The molecule has 1 aliphatic rings. The van der Waals surface area contributed by atoms with Crippen LogP contribution in [0.25, 0.3) is 10.1 Å². The first-order valence-corrected chi connectivity index (χ1v) is 8.69. The van der Waals surface area contributed by atoms with Gasteiger partial charge in [0.2, 0.25) is 5.91 Å². The van der Waals surface area contributed by atoms with Gasteiger partial charge in [0, 0.05) is 17.0 Å². The summed E-state index contributed by atoms with van der Waals surface area (Å²) in [4.78, 5) is 23.2. The second-order valence-corrected chi connectivity index (χ2v) is 6.76. The van der Waals surface area contributed by atoms with Crippen molar-refractivity contribution in [3.8, 4) is 0 Å². The normalized spacial score (nSPS) is 17.2. The molecule has 128 valence electrons. The Morgan fingerprint density at radius 2 is 2.25 bits per heavy atom. The fourth-order valence-electron chi connectivity index (χ4n) is 2.61. The first kappa shape index (κ1) is 16.9. The van der Waals surface area contributed by atoms with Crippen molar-refractivity contribution < 1.29 is 24.2 Å². The summed E-state index contributed by atoms with van der Waals surface area (Å²) in [6, 6.07) is 6.98. The quantitative estimate of drug-likeness (QED) is 0.750. The molecule has 7 heteroatoms. The average Bonchev–Trinajstić information content (AvgIpc) is 3.20. The van der Waals surface area contributed by atoms with Gasteiger partial charge in [0.15, 0.2) is 0 Å². The van der Waals surface area contributed by atoms with E-state index in [1.165, 1.54) is 11.3 Å². The Bertz CT molecular complexity index is 736. The molecule has 2 heterocycles. The van der Waals surface area contributed by atoms with Crippen molar-refractivity contribution in [2.45, 2.75) is 25.4 Å². The Morgan fingerprint density at radius 1 is 1.38 bits per heavy atom. The Hall–Kier alpha value is -1.96. The van der Waals surface area contributed by atoms with E-state index in [4.69, 9.17) is 14.6 Å². The van der Waals surface area contributed by atoms with Gasteiger partial charge in [-0.3, -0.25) is 4.79 Å². The average molecular weight is 349 g/mol. The molecular formula is C17H19NO5S. The zero-order valence-corrected chi connectivity index (χ0v) is 13.9. The number of hydrogen-bond donors (Lipinski definition) is 2. The Kier molecular flexibility index (Phi) is 5.44. The van der Waals surface area contributed by atoms with E-state index < -0.39 is 5.97 Å². The number of thiophene rings is 1. The highest BCUT2D eigenvalue weighted by molar-refractivity contribution is 7.20. The number of fused-ring (bicyclic) bond motifs is 1. The summed E-state index contributed by atoms with van der Waals surface area (Å²) < 4.78 is 11.8. The van der Waals surface area contributed by atoms with Crippen LogP contribution >= 0.6 is 11.3 Å². The maximum atomic E-state index is 11.9. The second-order valence-electron chi connectivity index (χ2n) is 5.68. The molecule has 6 nitrogen and oxygen atoms in total. The summed E-state index contributed by atoms with van der Waals surface area (Å²) in [5.74, 6) is -1.07. The van der Waals surface area contributed by atoms with E-state index in [2.05, 4.69) is 5.32 Å². The minimum Gasteiger partial charge on any atom is -0.477 e. The lowest BCUT2D eigenvalue weighted by Gasteiger charge is -2.10. The minimum absolute atomic E-state index is 0.129. The SMILES string of the molecule is O=C(CCOCC1CCCO1)Nc1ccc2sc(C(=O)O)cc2c1. The van der Waals surface area contributed by atoms with Crippen LogP contribution in [0, 0.1) is 0 Å². The second kappa shape index (κ2) is 7.74. The van der Waals surface area contributed by atoms with Gasteiger partial charge in [-0.15, -0.1) is 11.3 Å². The lowest BCUT2D eigenvalue weighted by Crippen LogP contribution is -2.18. The molecule has 1 amide bonds. The van der Waals surface area contributed by atoms with Gasteiger partial charge < -0.3 is 19.9 Å². The van der Waals surface area contributed by atoms with Crippen molar-refractivity contribution in [1.82, 2.24) is 0 Å². The van der Waals surface area contributed by atoms with Crippen molar-refractivity contribution >= 4 is 39.0 Å². The molecule has 1 aromatic heterocycles. The van der Waals surface area contributed by atoms with Gasteiger partial charge >= 0.3 is 5.97 Å². The molecule has 0 spiro atoms. The van der Waals surface area contributed by atoms with E-state index in [0.717, 1.165) is 29.5 Å². The van der Waals surface area contributed by atoms with Gasteiger partial charge in [-0.25, -0.2) is 4.79 Å². The largest absolute Gasteiger partial charge is 0.477 e. The van der Waals surface area contributed by atoms with Crippen LogP contribution in [-0.4, -0.2) is 42.9 Å². The highest BCUT2D eigenvalue weighted by atomic mass is 32.1. The minimum atomic E-state index is -0.940. The van der Waals surface area contributed by atoms with Crippen molar-refractivity contribution in [2.75, 3.05) is 25.1 Å². The zero-order valence-electron chi connectivity index (χ0n) is 13.1. The number of hydrogen-bond acceptors (Lipinski definition) is 5. The summed E-state index contributed by atoms with van der Waals surface area (Å²) in [6.45, 7) is 1.69. The summed E-state index contributed by atoms with van der Waals surface area (Å²) in [5.41, 5.74) is 0.654. The highest BCUT2D eigenvalue weighted by Crippen LogP contribution is 2.28. The standard InChI is InChI=1S/C17H19NO5S/c19-16(5-7-22-10-13-2-1-6-23-13)18-12-3-4-14-11(8-12)9-15(24-14)17(20)21/h3-4,8-9,13H,1-2,5-7,10H2,(H,18,19)(H,20,21). The smallest absolute Gasteiger partial charge is 0.345 e. The molecule has 2 N–H and O–H groups in total. The third-order valence-electron chi connectivity index (χ3n) is 3.81. The molecule has 2 aromatic rings. The lowest BCUT2D eigenvalue weighted by atomic mass is 10.2. The Labute approximate surface area is 143 Å². The number of ether oxygens (including phenoxy) is 2. The lowest BCUT2D eigenvalue weighted by molar-refractivity contribution is -0.117. The number of carboxylic acid groups (broad SMARTS) is 1. The fraction of sp³-hybridized carbons (Fsp3) is 0.412. The van der Waals surface area contributed by atoms with Crippen LogP contribution in [-0.2, 0) is 14.3 Å². The molecule has 1 saturated heterocycles. The number of rotatable bonds is 7. The van der Waals surface area contributed by atoms with Crippen LogP contribution in [0.1, 0.15) is 28.9 Å². The first-order chi connectivity index (χ1) is 11.6. The summed E-state index contributed by atoms with van der Waals surface area (Å²) in [7, 11) is 0. The van der Waals surface area contributed by atoms with E-state index in [9.17, 15) is 9.59 Å². The highest BCUT2D eigenvalue weighted by Gasteiger charge is 2.15. The van der Waals surface area contributed by atoms with E-state index >= 15 is 0 Å². The summed E-state index contributed by atoms with van der Waals surface area (Å²) in [6.07, 6.45) is 2.53. The Balaban J connectivity index is 1.48. The predicted octanol–water partition coefficient (Wildman–Crippen LogP) is 3.12. The third-order valence-corrected chi connectivity index (χ3v) is 4.92. The van der Waals surface area contributed by atoms with E-state index in [1.807, 2.05) is 6.07 Å². The molecule has 0 saturated carbocycles. The van der Waals surface area contributed by atoms with Gasteiger partial charge in [-0.2, -0.15) is 0 Å². The van der Waals surface area contributed by atoms with Crippen LogP contribution in [0.2, 0.25) is 0 Å². The van der Waals surface area contributed by atoms with E-state index in [0.29, 0.717) is 18.9 Å². The van der Waals surface area contributed by atoms with Crippen molar-refractivity contribution in [3.63, 3.8) is 0 Å². The van der Waals surface area contributed by atoms with Crippen LogP contribution in [0.4, 0.5) is 5.69 Å². The molecule has 0 radical (unpaired) electrons. The van der Waals surface area contributed by atoms with Crippen LogP contribution < -0.4 is 5.32 Å². The van der Waals surface area contributed by atoms with Gasteiger partial charge in [0.05, 0.1) is 25.7 Å². The number of aromatic carboxylic acids is 1. The van der Waals surface area contributed by atoms with Crippen LogP contribution in [0.3, 0.4) is 0 Å². The first-order valence-electron chi connectivity index (χ1n) is 7.88. The topological polar surface area (TPSA) is 84.9 Å². The van der Waals surface area contributed by atoms with Crippen LogP contribution in [0.15, 0.2) is 24.3 Å². The van der Waals surface area contributed by atoms with E-state index in [-0.39, 0.29) is 23.3 Å². The molecular weight excluding hydrogens is 330 g/mol. The predicted molar refractivity (Wildman–Crippen MR) is 91.8 cm³/mol. The molecule has 1 aliphatic heterocycles. The molecule has 0 aliphatic carbocycles. The molecule has 1 aromatic carbocycles. The maximum absolute atomic E-state index is 11.9. The molecule has 0 bridgehead atoms. The van der Waals surface area contributed by atoms with Gasteiger partial charge in [-0.1, -0.05) is 0 Å². The number of amides is 1. The van der Waals surface area contributed by atoms with Gasteiger partial charge in [0.1, 0.15) is 4.88 Å². The number of carbonyl (C=O) groups excluding carboxylic acids is 1. The number of carbonyl (C=O) groups is 2.